The number of carbonyl (C=O) groups excluding carboxylic acids is 2. The second-order valence-electron chi connectivity index (χ2n) is 3.94. The van der Waals surface area contributed by atoms with Crippen molar-refractivity contribution >= 4 is 17.6 Å². The minimum atomic E-state index is -0.554. The molecule has 7 nitrogen and oxygen atoms in total. The highest BCUT2D eigenvalue weighted by molar-refractivity contribution is 5.90. The van der Waals surface area contributed by atoms with E-state index in [9.17, 15) is 9.59 Å². The molecule has 7 heteroatoms. The van der Waals surface area contributed by atoms with Crippen molar-refractivity contribution in [1.82, 2.24) is 15.0 Å². The summed E-state index contributed by atoms with van der Waals surface area (Å²) in [4.78, 5) is 23.2. The number of rotatable bonds is 5. The smallest absolute Gasteiger partial charge is 0.360 e. The van der Waals surface area contributed by atoms with Crippen LogP contribution >= 0.6 is 0 Å². The SMILES string of the molecule is CCOC(=O)c1cn(CC(=O)Nc2ccccc2)nn1. The average Bonchev–Trinajstić information content (AvgIpc) is 2.88. The van der Waals surface area contributed by atoms with Gasteiger partial charge in [0.25, 0.3) is 0 Å². The van der Waals surface area contributed by atoms with Gasteiger partial charge in [-0.3, -0.25) is 4.79 Å². The highest BCUT2D eigenvalue weighted by Gasteiger charge is 2.13. The lowest BCUT2D eigenvalue weighted by molar-refractivity contribution is -0.116. The molecule has 0 bridgehead atoms. The third kappa shape index (κ3) is 3.64. The van der Waals surface area contributed by atoms with E-state index in [0.717, 1.165) is 0 Å². The van der Waals surface area contributed by atoms with Gasteiger partial charge in [0.2, 0.25) is 5.91 Å². The topological polar surface area (TPSA) is 86.1 Å². The third-order valence-electron chi connectivity index (χ3n) is 2.39. The van der Waals surface area contributed by atoms with Crippen molar-refractivity contribution in [3.63, 3.8) is 0 Å². The average molecular weight is 274 g/mol. The van der Waals surface area contributed by atoms with Crippen molar-refractivity contribution in [3.8, 4) is 0 Å². The molecule has 2 rings (SSSR count). The molecule has 0 aliphatic rings. The van der Waals surface area contributed by atoms with Crippen LogP contribution in [-0.2, 0) is 16.1 Å². The van der Waals surface area contributed by atoms with Crippen LogP contribution in [0.1, 0.15) is 17.4 Å². The molecule has 0 aliphatic heterocycles. The Kier molecular flexibility index (Phi) is 4.43. The predicted octanol–water partition coefficient (Wildman–Crippen LogP) is 1.09. The molecule has 0 fully saturated rings. The van der Waals surface area contributed by atoms with Crippen molar-refractivity contribution in [3.05, 3.63) is 42.2 Å². The van der Waals surface area contributed by atoms with E-state index in [4.69, 9.17) is 4.74 Å². The lowest BCUT2D eigenvalue weighted by atomic mass is 10.3. The fourth-order valence-electron chi connectivity index (χ4n) is 1.54. The van der Waals surface area contributed by atoms with E-state index in [2.05, 4.69) is 15.6 Å². The van der Waals surface area contributed by atoms with Gasteiger partial charge in [0.05, 0.1) is 12.8 Å². The van der Waals surface area contributed by atoms with Gasteiger partial charge < -0.3 is 10.1 Å². The molecular formula is C13H14N4O3. The number of aromatic nitrogens is 3. The predicted molar refractivity (Wildman–Crippen MR) is 71.1 cm³/mol. The van der Waals surface area contributed by atoms with Gasteiger partial charge in [0, 0.05) is 5.69 Å². The molecule has 0 saturated heterocycles. The Hall–Kier alpha value is -2.70. The van der Waals surface area contributed by atoms with Gasteiger partial charge in [-0.05, 0) is 19.1 Å². The van der Waals surface area contributed by atoms with E-state index >= 15 is 0 Å². The summed E-state index contributed by atoms with van der Waals surface area (Å²) in [6, 6.07) is 9.07. The van der Waals surface area contributed by atoms with Crippen LogP contribution in [0.15, 0.2) is 36.5 Å². The van der Waals surface area contributed by atoms with Gasteiger partial charge in [0.1, 0.15) is 6.54 Å². The van der Waals surface area contributed by atoms with Gasteiger partial charge in [-0.2, -0.15) is 0 Å². The molecular weight excluding hydrogens is 260 g/mol. The number of nitrogens with one attached hydrogen (secondary N) is 1. The summed E-state index contributed by atoms with van der Waals surface area (Å²) in [6.45, 7) is 1.94. The zero-order valence-corrected chi connectivity index (χ0v) is 10.9. The molecule has 1 amide bonds. The van der Waals surface area contributed by atoms with Crippen LogP contribution in [0, 0.1) is 0 Å². The zero-order valence-electron chi connectivity index (χ0n) is 10.9. The van der Waals surface area contributed by atoms with E-state index in [1.54, 1.807) is 19.1 Å². The largest absolute Gasteiger partial charge is 0.461 e. The molecule has 0 radical (unpaired) electrons. The summed E-state index contributed by atoms with van der Waals surface area (Å²) in [5, 5.41) is 10.1. The first-order chi connectivity index (χ1) is 9.69. The van der Waals surface area contributed by atoms with Gasteiger partial charge >= 0.3 is 5.97 Å². The van der Waals surface area contributed by atoms with Crippen molar-refractivity contribution in [2.75, 3.05) is 11.9 Å². The summed E-state index contributed by atoms with van der Waals surface area (Å²) in [6.07, 6.45) is 1.38. The summed E-state index contributed by atoms with van der Waals surface area (Å²) >= 11 is 0. The second kappa shape index (κ2) is 6.46. The summed E-state index contributed by atoms with van der Waals surface area (Å²) in [5.74, 6) is -0.807. The molecule has 1 N–H and O–H groups in total. The number of esters is 1. The molecule has 1 heterocycles. The number of para-hydroxylation sites is 1. The lowest BCUT2D eigenvalue weighted by Gasteiger charge is -2.04. The Balaban J connectivity index is 1.93. The number of nitrogens with zero attached hydrogens (tertiary/aromatic N) is 3. The maximum atomic E-state index is 11.8. The van der Waals surface area contributed by atoms with Gasteiger partial charge in [0.15, 0.2) is 5.69 Å². The zero-order chi connectivity index (χ0) is 14.4. The Morgan fingerprint density at radius 2 is 2.05 bits per heavy atom. The molecule has 0 unspecified atom stereocenters. The number of ether oxygens (including phenoxy) is 1. The molecule has 2 aromatic rings. The van der Waals surface area contributed by atoms with Crippen LogP contribution in [0.5, 0.6) is 0 Å². The van der Waals surface area contributed by atoms with Gasteiger partial charge in [-0.15, -0.1) is 5.10 Å². The van der Waals surface area contributed by atoms with Crippen molar-refractivity contribution in [2.24, 2.45) is 0 Å². The molecule has 0 spiro atoms. The van der Waals surface area contributed by atoms with E-state index in [1.165, 1.54) is 10.9 Å². The van der Waals surface area contributed by atoms with E-state index in [-0.39, 0.29) is 24.8 Å². The summed E-state index contributed by atoms with van der Waals surface area (Å²) in [7, 11) is 0. The van der Waals surface area contributed by atoms with Crippen molar-refractivity contribution < 1.29 is 14.3 Å². The molecule has 20 heavy (non-hydrogen) atoms. The highest BCUT2D eigenvalue weighted by Crippen LogP contribution is 2.05. The fourth-order valence-corrected chi connectivity index (χ4v) is 1.54. The molecule has 1 aromatic heterocycles. The van der Waals surface area contributed by atoms with E-state index < -0.39 is 5.97 Å². The number of hydrogen-bond acceptors (Lipinski definition) is 5. The number of carbonyl (C=O) groups is 2. The first-order valence-corrected chi connectivity index (χ1v) is 6.11. The Morgan fingerprint density at radius 1 is 1.30 bits per heavy atom. The minimum Gasteiger partial charge on any atom is -0.461 e. The monoisotopic (exact) mass is 274 g/mol. The number of benzene rings is 1. The summed E-state index contributed by atoms with van der Waals surface area (Å²) < 4.78 is 6.07. The minimum absolute atomic E-state index is 0.0265. The molecule has 0 aliphatic carbocycles. The van der Waals surface area contributed by atoms with Crippen LogP contribution in [0.2, 0.25) is 0 Å². The van der Waals surface area contributed by atoms with Crippen LogP contribution < -0.4 is 5.32 Å². The highest BCUT2D eigenvalue weighted by atomic mass is 16.5. The third-order valence-corrected chi connectivity index (χ3v) is 2.39. The molecule has 0 atom stereocenters. The van der Waals surface area contributed by atoms with Crippen LogP contribution in [-0.4, -0.2) is 33.5 Å². The van der Waals surface area contributed by atoms with Gasteiger partial charge in [-0.1, -0.05) is 23.4 Å². The number of hydrogen-bond donors (Lipinski definition) is 1. The Morgan fingerprint density at radius 3 is 2.75 bits per heavy atom. The normalized spacial score (nSPS) is 10.1. The maximum Gasteiger partial charge on any atom is 0.360 e. The molecule has 1 aromatic carbocycles. The van der Waals surface area contributed by atoms with E-state index in [0.29, 0.717) is 5.69 Å². The lowest BCUT2D eigenvalue weighted by Crippen LogP contribution is -2.19. The van der Waals surface area contributed by atoms with Crippen LogP contribution in [0.3, 0.4) is 0 Å². The number of anilines is 1. The van der Waals surface area contributed by atoms with Crippen LogP contribution in [0.25, 0.3) is 0 Å². The van der Waals surface area contributed by atoms with Crippen LogP contribution in [0.4, 0.5) is 5.69 Å². The Labute approximate surface area is 115 Å². The Bertz CT molecular complexity index is 595. The second-order valence-corrected chi connectivity index (χ2v) is 3.94. The van der Waals surface area contributed by atoms with E-state index in [1.807, 2.05) is 18.2 Å². The summed E-state index contributed by atoms with van der Waals surface area (Å²) in [5.41, 5.74) is 0.780. The fraction of sp³-hybridized carbons (Fsp3) is 0.231. The quantitative estimate of drug-likeness (QED) is 0.825. The molecule has 0 saturated carbocycles. The number of amides is 1. The van der Waals surface area contributed by atoms with Crippen molar-refractivity contribution in [2.45, 2.75) is 13.5 Å². The first kappa shape index (κ1) is 13.7. The maximum absolute atomic E-state index is 11.8. The standard InChI is InChI=1S/C13H14N4O3/c1-2-20-13(19)11-8-17(16-15-11)9-12(18)14-10-6-4-3-5-7-10/h3-8H,2,9H2,1H3,(H,14,18). The molecule has 104 valence electrons. The first-order valence-electron chi connectivity index (χ1n) is 6.11. The van der Waals surface area contributed by atoms with Gasteiger partial charge in [-0.25, -0.2) is 9.48 Å². The van der Waals surface area contributed by atoms with Crippen molar-refractivity contribution in [1.29, 1.82) is 0 Å².